The zero-order valence-corrected chi connectivity index (χ0v) is 14.7. The van der Waals surface area contributed by atoms with Crippen LogP contribution in [-0.4, -0.2) is 82.0 Å². The standard InChI is InChI=1S/C16H22N6O4/c1-11-6-14(24)22-15(18-11)19-12(20-22)7-13(23)21-3-5-26-16(9-21)8-17-2-4-25-10-16/h6,17H,2-5,7-10H2,1H3,(H,18,19,20)/t16-/m1/s1. The summed E-state index contributed by atoms with van der Waals surface area (Å²) in [5, 5.41) is 6.15. The van der Waals surface area contributed by atoms with Crippen molar-refractivity contribution in [3.63, 3.8) is 0 Å². The largest absolute Gasteiger partial charge is 0.377 e. The summed E-state index contributed by atoms with van der Waals surface area (Å²) in [6.45, 7) is 5.73. The number of nitrogens with one attached hydrogen (secondary N) is 2. The summed E-state index contributed by atoms with van der Waals surface area (Å²) < 4.78 is 12.8. The van der Waals surface area contributed by atoms with Gasteiger partial charge in [-0.1, -0.05) is 0 Å². The van der Waals surface area contributed by atoms with Crippen LogP contribution in [-0.2, 0) is 20.7 Å². The number of H-pyrrole nitrogens is 1. The summed E-state index contributed by atoms with van der Waals surface area (Å²) in [6.07, 6.45) is 0.0756. The Bertz CT molecular complexity index is 867. The van der Waals surface area contributed by atoms with Gasteiger partial charge in [0.2, 0.25) is 5.91 Å². The van der Waals surface area contributed by atoms with E-state index in [-0.39, 0.29) is 23.7 Å². The van der Waals surface area contributed by atoms with E-state index in [1.165, 1.54) is 10.6 Å². The Morgan fingerprint density at radius 1 is 1.38 bits per heavy atom. The van der Waals surface area contributed by atoms with E-state index in [1.807, 2.05) is 0 Å². The van der Waals surface area contributed by atoms with Gasteiger partial charge in [0.25, 0.3) is 11.3 Å². The molecule has 2 aliphatic heterocycles. The first-order valence-corrected chi connectivity index (χ1v) is 8.70. The van der Waals surface area contributed by atoms with E-state index >= 15 is 0 Å². The molecule has 0 radical (unpaired) electrons. The van der Waals surface area contributed by atoms with Crippen molar-refractivity contribution in [2.75, 3.05) is 46.0 Å². The number of carbonyl (C=O) groups is 1. The molecule has 2 saturated heterocycles. The van der Waals surface area contributed by atoms with Crippen molar-refractivity contribution in [3.8, 4) is 0 Å². The van der Waals surface area contributed by atoms with E-state index in [9.17, 15) is 9.59 Å². The number of aromatic amines is 1. The van der Waals surface area contributed by atoms with E-state index in [0.717, 1.165) is 6.54 Å². The molecule has 140 valence electrons. The number of aryl methyl sites for hydroxylation is 1. The number of rotatable bonds is 2. The average Bonchev–Trinajstić information content (AvgIpc) is 2.87. The van der Waals surface area contributed by atoms with Gasteiger partial charge in [0, 0.05) is 31.4 Å². The Balaban J connectivity index is 1.49. The molecule has 1 amide bonds. The molecule has 0 bridgehead atoms. The summed E-state index contributed by atoms with van der Waals surface area (Å²) in [6, 6.07) is 1.42. The summed E-state index contributed by atoms with van der Waals surface area (Å²) in [5.74, 6) is 0.624. The second-order valence-corrected chi connectivity index (χ2v) is 6.79. The Morgan fingerprint density at radius 2 is 2.27 bits per heavy atom. The average molecular weight is 362 g/mol. The van der Waals surface area contributed by atoms with Gasteiger partial charge in [0.1, 0.15) is 11.4 Å². The molecule has 1 spiro atoms. The first-order chi connectivity index (χ1) is 12.5. The number of carbonyl (C=O) groups excluding carboxylic acids is 1. The fraction of sp³-hybridized carbons (Fsp3) is 0.625. The number of ether oxygens (including phenoxy) is 2. The van der Waals surface area contributed by atoms with E-state index in [0.29, 0.717) is 51.0 Å². The lowest BCUT2D eigenvalue weighted by Crippen LogP contribution is -2.59. The third-order valence-electron chi connectivity index (χ3n) is 4.66. The van der Waals surface area contributed by atoms with Gasteiger partial charge in [-0.05, 0) is 6.92 Å². The molecule has 26 heavy (non-hydrogen) atoms. The highest BCUT2D eigenvalue weighted by Gasteiger charge is 2.39. The summed E-state index contributed by atoms with van der Waals surface area (Å²) in [7, 11) is 0. The van der Waals surface area contributed by atoms with Gasteiger partial charge in [0.15, 0.2) is 0 Å². The predicted octanol–water partition coefficient (Wildman–Crippen LogP) is -1.51. The number of amides is 1. The molecule has 0 aromatic carbocycles. The van der Waals surface area contributed by atoms with Gasteiger partial charge in [-0.3, -0.25) is 14.7 Å². The highest BCUT2D eigenvalue weighted by Crippen LogP contribution is 2.20. The number of morpholine rings is 1. The molecule has 0 unspecified atom stereocenters. The van der Waals surface area contributed by atoms with Crippen LogP contribution in [0.15, 0.2) is 10.9 Å². The third-order valence-corrected chi connectivity index (χ3v) is 4.66. The van der Waals surface area contributed by atoms with Gasteiger partial charge in [-0.15, -0.1) is 0 Å². The molecule has 1 atom stereocenters. The maximum atomic E-state index is 12.7. The number of hydrogen-bond acceptors (Lipinski definition) is 7. The SMILES string of the molecule is Cc1cc(=O)n2[nH]c(CC(=O)N3CCO[C@]4(CNCCOC4)C3)nc2n1. The quantitative estimate of drug-likeness (QED) is 0.667. The minimum absolute atomic E-state index is 0.0688. The molecule has 2 aromatic heterocycles. The number of nitrogens with zero attached hydrogens (tertiary/aromatic N) is 4. The van der Waals surface area contributed by atoms with Crippen LogP contribution in [0.4, 0.5) is 0 Å². The summed E-state index contributed by atoms with van der Waals surface area (Å²) in [4.78, 5) is 35.0. The molecular weight excluding hydrogens is 340 g/mol. The van der Waals surface area contributed by atoms with Crippen LogP contribution < -0.4 is 10.9 Å². The van der Waals surface area contributed by atoms with Crippen LogP contribution in [0.25, 0.3) is 5.78 Å². The lowest BCUT2D eigenvalue weighted by molar-refractivity contribution is -0.157. The van der Waals surface area contributed by atoms with Gasteiger partial charge < -0.3 is 19.7 Å². The van der Waals surface area contributed by atoms with E-state index in [1.54, 1.807) is 11.8 Å². The molecule has 2 aromatic rings. The van der Waals surface area contributed by atoms with Crippen molar-refractivity contribution in [2.24, 2.45) is 0 Å². The van der Waals surface area contributed by atoms with Crippen molar-refractivity contribution < 1.29 is 14.3 Å². The molecule has 10 nitrogen and oxygen atoms in total. The van der Waals surface area contributed by atoms with Gasteiger partial charge in [-0.2, -0.15) is 9.50 Å². The molecular formula is C16H22N6O4. The maximum absolute atomic E-state index is 12.7. The fourth-order valence-corrected chi connectivity index (χ4v) is 3.39. The monoisotopic (exact) mass is 362 g/mol. The minimum atomic E-state index is -0.506. The van der Waals surface area contributed by atoms with Crippen LogP contribution in [0.1, 0.15) is 11.5 Å². The van der Waals surface area contributed by atoms with E-state index in [4.69, 9.17) is 9.47 Å². The first-order valence-electron chi connectivity index (χ1n) is 8.70. The molecule has 0 aliphatic carbocycles. The zero-order chi connectivity index (χ0) is 18.1. The number of fused-ring (bicyclic) bond motifs is 1. The number of hydrogen-bond donors (Lipinski definition) is 2. The molecule has 10 heteroatoms. The lowest BCUT2D eigenvalue weighted by atomic mass is 10.0. The Kier molecular flexibility index (Phi) is 4.47. The molecule has 4 rings (SSSR count). The predicted molar refractivity (Wildman–Crippen MR) is 91.0 cm³/mol. The van der Waals surface area contributed by atoms with Crippen molar-refractivity contribution in [1.29, 1.82) is 0 Å². The topological polar surface area (TPSA) is 114 Å². The summed E-state index contributed by atoms with van der Waals surface area (Å²) in [5.41, 5.74) is -0.158. The molecule has 2 fully saturated rings. The minimum Gasteiger partial charge on any atom is -0.377 e. The van der Waals surface area contributed by atoms with Crippen LogP contribution in [0.5, 0.6) is 0 Å². The first kappa shape index (κ1) is 17.1. The fourth-order valence-electron chi connectivity index (χ4n) is 3.39. The van der Waals surface area contributed by atoms with Gasteiger partial charge in [0.05, 0.1) is 32.8 Å². The van der Waals surface area contributed by atoms with Crippen molar-refractivity contribution >= 4 is 11.7 Å². The smallest absolute Gasteiger partial charge is 0.274 e. The molecule has 2 aliphatic rings. The molecule has 0 saturated carbocycles. The number of aromatic nitrogens is 4. The van der Waals surface area contributed by atoms with Gasteiger partial charge in [-0.25, -0.2) is 4.98 Å². The Morgan fingerprint density at radius 3 is 3.15 bits per heavy atom. The highest BCUT2D eigenvalue weighted by molar-refractivity contribution is 5.78. The Labute approximate surface area is 149 Å². The summed E-state index contributed by atoms with van der Waals surface area (Å²) >= 11 is 0. The molecule has 2 N–H and O–H groups in total. The maximum Gasteiger partial charge on any atom is 0.274 e. The van der Waals surface area contributed by atoms with Gasteiger partial charge >= 0.3 is 0 Å². The highest BCUT2D eigenvalue weighted by atomic mass is 16.5. The van der Waals surface area contributed by atoms with Crippen molar-refractivity contribution in [1.82, 2.24) is 29.8 Å². The van der Waals surface area contributed by atoms with Crippen molar-refractivity contribution in [2.45, 2.75) is 18.9 Å². The Hall–Kier alpha value is -2.30. The van der Waals surface area contributed by atoms with E-state index in [2.05, 4.69) is 20.4 Å². The van der Waals surface area contributed by atoms with Crippen molar-refractivity contribution in [3.05, 3.63) is 27.9 Å². The third kappa shape index (κ3) is 3.35. The zero-order valence-electron chi connectivity index (χ0n) is 14.7. The second kappa shape index (κ2) is 6.78. The second-order valence-electron chi connectivity index (χ2n) is 6.79. The lowest BCUT2D eigenvalue weighted by Gasteiger charge is -2.41. The van der Waals surface area contributed by atoms with Crippen LogP contribution in [0.3, 0.4) is 0 Å². The normalized spacial score (nSPS) is 24.1. The van der Waals surface area contributed by atoms with Crippen LogP contribution in [0, 0.1) is 6.92 Å². The van der Waals surface area contributed by atoms with E-state index < -0.39 is 5.60 Å². The van der Waals surface area contributed by atoms with Crippen LogP contribution >= 0.6 is 0 Å². The van der Waals surface area contributed by atoms with Crippen LogP contribution in [0.2, 0.25) is 0 Å². The molecule has 4 heterocycles.